The average molecular weight is 335 g/mol. The van der Waals surface area contributed by atoms with Gasteiger partial charge in [-0.25, -0.2) is 4.98 Å². The van der Waals surface area contributed by atoms with Crippen LogP contribution in [-0.2, 0) is 0 Å². The first-order chi connectivity index (χ1) is 12.2. The highest BCUT2D eigenvalue weighted by Gasteiger charge is 2.26. The number of methoxy groups -OCH3 is 1. The number of rotatable bonds is 4. The van der Waals surface area contributed by atoms with Crippen molar-refractivity contribution in [2.45, 2.75) is 31.7 Å². The van der Waals surface area contributed by atoms with Crippen LogP contribution < -0.4 is 4.74 Å². The number of para-hydroxylation sites is 2. The molecule has 1 fully saturated rings. The Morgan fingerprint density at radius 3 is 2.68 bits per heavy atom. The number of ether oxygens (including phenoxy) is 1. The van der Waals surface area contributed by atoms with E-state index in [0.29, 0.717) is 12.0 Å². The highest BCUT2D eigenvalue weighted by Crippen LogP contribution is 2.32. The number of nitrogens with zero attached hydrogens (tertiary/aromatic N) is 2. The molecule has 1 saturated heterocycles. The Morgan fingerprint density at radius 2 is 1.92 bits per heavy atom. The highest BCUT2D eigenvalue weighted by atomic mass is 16.5. The maximum Gasteiger partial charge on any atom is 0.119 e. The van der Waals surface area contributed by atoms with Crippen LogP contribution in [0.5, 0.6) is 5.75 Å². The van der Waals surface area contributed by atoms with Gasteiger partial charge in [-0.15, -0.1) is 0 Å². The predicted octanol–water partition coefficient (Wildman–Crippen LogP) is 4.51. The number of piperidine rings is 1. The summed E-state index contributed by atoms with van der Waals surface area (Å²) in [5.74, 6) is 2.61. The number of likely N-dealkylation sites (tertiary alicyclic amines) is 1. The van der Waals surface area contributed by atoms with Gasteiger partial charge in [0.05, 0.1) is 18.1 Å². The van der Waals surface area contributed by atoms with E-state index in [2.05, 4.69) is 53.2 Å². The molecule has 4 rings (SSSR count). The Hall–Kier alpha value is -2.33. The number of aromatic nitrogens is 2. The zero-order valence-electron chi connectivity index (χ0n) is 14.9. The quantitative estimate of drug-likeness (QED) is 0.762. The van der Waals surface area contributed by atoms with Gasteiger partial charge < -0.3 is 9.72 Å². The standard InChI is InChI=1S/C21H25N3O/c1-15(17-6-5-7-18(14-17)25-2)24-12-10-16(11-13-24)21-22-19-8-3-4-9-20(19)23-21/h3-9,14-16H,10-13H2,1-2H3,(H,22,23)/t15-/m0/s1. The van der Waals surface area contributed by atoms with Crippen LogP contribution in [0.3, 0.4) is 0 Å². The van der Waals surface area contributed by atoms with Crippen LogP contribution in [0.2, 0.25) is 0 Å². The van der Waals surface area contributed by atoms with Crippen LogP contribution in [0.4, 0.5) is 0 Å². The number of benzene rings is 2. The SMILES string of the molecule is COc1cccc([C@H](C)N2CCC(c3nc4ccccc4[nH]3)CC2)c1. The van der Waals surface area contributed by atoms with Gasteiger partial charge in [0, 0.05) is 12.0 Å². The summed E-state index contributed by atoms with van der Waals surface area (Å²) in [6, 6.07) is 17.1. The molecule has 4 heteroatoms. The highest BCUT2D eigenvalue weighted by molar-refractivity contribution is 5.74. The molecule has 3 aromatic rings. The zero-order chi connectivity index (χ0) is 17.2. The third-order valence-electron chi connectivity index (χ3n) is 5.45. The Labute approximate surface area is 148 Å². The topological polar surface area (TPSA) is 41.1 Å². The van der Waals surface area contributed by atoms with Gasteiger partial charge in [0.15, 0.2) is 0 Å². The van der Waals surface area contributed by atoms with E-state index in [0.717, 1.165) is 48.5 Å². The molecule has 4 nitrogen and oxygen atoms in total. The number of hydrogen-bond acceptors (Lipinski definition) is 3. The zero-order valence-corrected chi connectivity index (χ0v) is 14.9. The Bertz CT molecular complexity index is 816. The van der Waals surface area contributed by atoms with Gasteiger partial charge in [0.1, 0.15) is 11.6 Å². The first-order valence-corrected chi connectivity index (χ1v) is 9.07. The van der Waals surface area contributed by atoms with E-state index in [1.165, 1.54) is 5.56 Å². The van der Waals surface area contributed by atoms with Crippen LogP contribution in [0.15, 0.2) is 48.5 Å². The minimum atomic E-state index is 0.409. The van der Waals surface area contributed by atoms with Gasteiger partial charge in [-0.1, -0.05) is 24.3 Å². The van der Waals surface area contributed by atoms with Crippen LogP contribution in [0.25, 0.3) is 11.0 Å². The Kier molecular flexibility index (Phi) is 4.45. The third-order valence-corrected chi connectivity index (χ3v) is 5.45. The lowest BCUT2D eigenvalue weighted by molar-refractivity contribution is 0.160. The van der Waals surface area contributed by atoms with E-state index in [9.17, 15) is 0 Å². The molecule has 0 bridgehead atoms. The van der Waals surface area contributed by atoms with Crippen molar-refractivity contribution in [3.05, 3.63) is 59.9 Å². The van der Waals surface area contributed by atoms with Crippen molar-refractivity contribution in [2.75, 3.05) is 20.2 Å². The van der Waals surface area contributed by atoms with E-state index >= 15 is 0 Å². The fourth-order valence-corrected chi connectivity index (χ4v) is 3.84. The average Bonchev–Trinajstić information content (AvgIpc) is 3.12. The van der Waals surface area contributed by atoms with Gasteiger partial charge in [-0.2, -0.15) is 0 Å². The number of hydrogen-bond donors (Lipinski definition) is 1. The van der Waals surface area contributed by atoms with Crippen molar-refractivity contribution < 1.29 is 4.74 Å². The molecular formula is C21H25N3O. The summed E-state index contributed by atoms with van der Waals surface area (Å²) in [4.78, 5) is 10.9. The third kappa shape index (κ3) is 3.27. The molecule has 2 heterocycles. The largest absolute Gasteiger partial charge is 0.497 e. The molecule has 1 aliphatic rings. The number of imidazole rings is 1. The lowest BCUT2D eigenvalue weighted by Gasteiger charge is -2.35. The molecule has 1 aromatic heterocycles. The molecule has 0 spiro atoms. The molecule has 0 amide bonds. The maximum atomic E-state index is 5.37. The van der Waals surface area contributed by atoms with Crippen LogP contribution in [0.1, 0.15) is 43.1 Å². The fourth-order valence-electron chi connectivity index (χ4n) is 3.84. The van der Waals surface area contributed by atoms with Gasteiger partial charge in [0.25, 0.3) is 0 Å². The number of aromatic amines is 1. The van der Waals surface area contributed by atoms with Crippen molar-refractivity contribution in [1.29, 1.82) is 0 Å². The second kappa shape index (κ2) is 6.89. The van der Waals surface area contributed by atoms with Crippen LogP contribution in [0, 0.1) is 0 Å². The van der Waals surface area contributed by atoms with E-state index in [1.54, 1.807) is 7.11 Å². The summed E-state index contributed by atoms with van der Waals surface area (Å²) in [6.07, 6.45) is 2.29. The van der Waals surface area contributed by atoms with Gasteiger partial charge in [0.2, 0.25) is 0 Å². The number of H-pyrrole nitrogens is 1. The molecule has 1 N–H and O–H groups in total. The summed E-state index contributed by atoms with van der Waals surface area (Å²) in [7, 11) is 1.72. The van der Waals surface area contributed by atoms with E-state index in [4.69, 9.17) is 9.72 Å². The van der Waals surface area contributed by atoms with Gasteiger partial charge in [-0.05, 0) is 62.7 Å². The molecule has 130 valence electrons. The molecule has 1 aliphatic heterocycles. The lowest BCUT2D eigenvalue weighted by atomic mass is 9.94. The van der Waals surface area contributed by atoms with Crippen molar-refractivity contribution in [2.24, 2.45) is 0 Å². The normalized spacial score (nSPS) is 17.7. The Balaban J connectivity index is 1.43. The van der Waals surface area contributed by atoms with Gasteiger partial charge >= 0.3 is 0 Å². The Morgan fingerprint density at radius 1 is 1.12 bits per heavy atom. The van der Waals surface area contributed by atoms with E-state index in [1.807, 2.05) is 12.1 Å². The second-order valence-electron chi connectivity index (χ2n) is 6.90. The van der Waals surface area contributed by atoms with E-state index < -0.39 is 0 Å². The minimum Gasteiger partial charge on any atom is -0.497 e. The van der Waals surface area contributed by atoms with Crippen molar-refractivity contribution in [1.82, 2.24) is 14.9 Å². The maximum absolute atomic E-state index is 5.37. The first kappa shape index (κ1) is 16.2. The van der Waals surface area contributed by atoms with Crippen molar-refractivity contribution in [3.63, 3.8) is 0 Å². The predicted molar refractivity (Wildman–Crippen MR) is 101 cm³/mol. The summed E-state index contributed by atoms with van der Waals surface area (Å²) in [5, 5.41) is 0. The molecule has 1 atom stereocenters. The summed E-state index contributed by atoms with van der Waals surface area (Å²) >= 11 is 0. The molecule has 0 saturated carbocycles. The van der Waals surface area contributed by atoms with Crippen LogP contribution >= 0.6 is 0 Å². The monoisotopic (exact) mass is 335 g/mol. The number of nitrogens with one attached hydrogen (secondary N) is 1. The lowest BCUT2D eigenvalue weighted by Crippen LogP contribution is -2.35. The van der Waals surface area contributed by atoms with Gasteiger partial charge in [-0.3, -0.25) is 4.90 Å². The molecule has 0 aliphatic carbocycles. The number of fused-ring (bicyclic) bond motifs is 1. The van der Waals surface area contributed by atoms with Crippen LogP contribution in [-0.4, -0.2) is 35.1 Å². The van der Waals surface area contributed by atoms with Crippen molar-refractivity contribution in [3.8, 4) is 5.75 Å². The molecule has 0 unspecified atom stereocenters. The van der Waals surface area contributed by atoms with E-state index in [-0.39, 0.29) is 0 Å². The molecule has 25 heavy (non-hydrogen) atoms. The summed E-state index contributed by atoms with van der Waals surface area (Å²) in [5.41, 5.74) is 3.54. The molecule has 0 radical (unpaired) electrons. The van der Waals surface area contributed by atoms with Crippen molar-refractivity contribution >= 4 is 11.0 Å². The molecule has 2 aromatic carbocycles. The minimum absolute atomic E-state index is 0.409. The first-order valence-electron chi connectivity index (χ1n) is 9.07. The summed E-state index contributed by atoms with van der Waals surface area (Å²) < 4.78 is 5.37. The molecular weight excluding hydrogens is 310 g/mol. The summed E-state index contributed by atoms with van der Waals surface area (Å²) in [6.45, 7) is 4.48. The fraction of sp³-hybridized carbons (Fsp3) is 0.381. The smallest absolute Gasteiger partial charge is 0.119 e. The second-order valence-corrected chi connectivity index (χ2v) is 6.90.